The molecule has 5 rings (SSSR count). The van der Waals surface area contributed by atoms with E-state index in [0.29, 0.717) is 16.6 Å². The number of nitrogens with zero attached hydrogens (tertiary/aromatic N) is 2. The third-order valence-electron chi connectivity index (χ3n) is 5.19. The Hall–Kier alpha value is -2.03. The lowest BCUT2D eigenvalue weighted by Crippen LogP contribution is -2.36. The van der Waals surface area contributed by atoms with Crippen LogP contribution < -0.4 is 0 Å². The number of benzene rings is 2. The van der Waals surface area contributed by atoms with Crippen molar-refractivity contribution in [2.45, 2.75) is 28.1 Å². The monoisotopic (exact) mass is 512 g/mol. The van der Waals surface area contributed by atoms with E-state index in [9.17, 15) is 4.79 Å². The molecule has 8 heteroatoms. The van der Waals surface area contributed by atoms with Gasteiger partial charge in [0.05, 0.1) is 27.5 Å². The molecule has 0 bridgehead atoms. The second-order valence-electron chi connectivity index (χ2n) is 7.60. The number of hydrogen-bond donors (Lipinski definition) is 0. The average molecular weight is 513 g/mol. The molecule has 1 atom stereocenters. The molecule has 2 aromatic carbocycles. The highest BCUT2D eigenvalue weighted by molar-refractivity contribution is 8.18. The van der Waals surface area contributed by atoms with Crippen molar-refractivity contribution < 1.29 is 9.53 Å². The van der Waals surface area contributed by atoms with Gasteiger partial charge in [-0.15, -0.1) is 11.3 Å². The summed E-state index contributed by atoms with van der Waals surface area (Å²) in [7, 11) is 0. The van der Waals surface area contributed by atoms with E-state index in [1.165, 1.54) is 11.8 Å². The zero-order valence-electron chi connectivity index (χ0n) is 17.6. The van der Waals surface area contributed by atoms with Crippen molar-refractivity contribution in [2.24, 2.45) is 4.99 Å². The molecule has 0 radical (unpaired) electrons. The Morgan fingerprint density at radius 2 is 1.94 bits per heavy atom. The summed E-state index contributed by atoms with van der Waals surface area (Å²) in [6.45, 7) is 1.30. The lowest BCUT2D eigenvalue weighted by Gasteiger charge is -2.19. The summed E-state index contributed by atoms with van der Waals surface area (Å²) in [5.74, 6) is -0.00881. The molecule has 2 aliphatic rings. The molecule has 2 saturated heterocycles. The van der Waals surface area contributed by atoms with Gasteiger partial charge < -0.3 is 4.74 Å². The van der Waals surface area contributed by atoms with Crippen LogP contribution in [-0.2, 0) is 9.53 Å². The highest BCUT2D eigenvalue weighted by Crippen LogP contribution is 2.38. The Kier molecular flexibility index (Phi) is 7.23. The van der Waals surface area contributed by atoms with E-state index in [1.807, 2.05) is 60.7 Å². The van der Waals surface area contributed by atoms with Crippen molar-refractivity contribution >= 4 is 69.3 Å². The average Bonchev–Trinajstić information content (AvgIpc) is 3.56. The van der Waals surface area contributed by atoms with Crippen LogP contribution in [0.1, 0.15) is 17.7 Å². The first kappa shape index (κ1) is 22.7. The van der Waals surface area contributed by atoms with Gasteiger partial charge in [0.25, 0.3) is 5.91 Å². The van der Waals surface area contributed by atoms with Gasteiger partial charge in [0, 0.05) is 21.4 Å². The minimum Gasteiger partial charge on any atom is -0.376 e. The maximum absolute atomic E-state index is 13.3. The van der Waals surface area contributed by atoms with Gasteiger partial charge in [0.1, 0.15) is 0 Å². The number of carbonyl (C=O) groups is 1. The van der Waals surface area contributed by atoms with E-state index in [0.717, 1.165) is 44.1 Å². The molecule has 3 heterocycles. The number of amidine groups is 1. The zero-order chi connectivity index (χ0) is 22.6. The van der Waals surface area contributed by atoms with Crippen molar-refractivity contribution in [1.29, 1.82) is 0 Å². The summed E-state index contributed by atoms with van der Waals surface area (Å²) in [5, 5.41) is 1.44. The number of hydrogen-bond acceptors (Lipinski definition) is 6. The SMILES string of the molecule is O=C1/C(=C/c2ccc(Sc3ccc(Cl)cc3)s2)SC(=Nc2ccccc2)N1C[C@@H]1CCCO1. The number of para-hydroxylation sites is 1. The van der Waals surface area contributed by atoms with Crippen LogP contribution in [-0.4, -0.2) is 35.2 Å². The number of rotatable bonds is 6. The Bertz CT molecular complexity index is 1190. The van der Waals surface area contributed by atoms with Gasteiger partial charge in [-0.25, -0.2) is 4.99 Å². The molecule has 168 valence electrons. The molecule has 0 aliphatic carbocycles. The highest BCUT2D eigenvalue weighted by atomic mass is 35.5. The molecular weight excluding hydrogens is 492 g/mol. The molecule has 4 nitrogen and oxygen atoms in total. The Morgan fingerprint density at radius 3 is 2.70 bits per heavy atom. The quantitative estimate of drug-likeness (QED) is 0.324. The van der Waals surface area contributed by atoms with Crippen LogP contribution in [0.15, 0.2) is 85.7 Å². The van der Waals surface area contributed by atoms with Crippen molar-refractivity contribution in [3.05, 3.63) is 81.5 Å². The highest BCUT2D eigenvalue weighted by Gasteiger charge is 2.36. The molecule has 1 aromatic heterocycles. The third-order valence-corrected chi connectivity index (χ3v) is 8.62. The minimum absolute atomic E-state index is 0.00881. The fraction of sp³-hybridized carbons (Fsp3) is 0.200. The van der Waals surface area contributed by atoms with Crippen LogP contribution in [0.2, 0.25) is 5.02 Å². The Balaban J connectivity index is 1.37. The maximum atomic E-state index is 13.3. The van der Waals surface area contributed by atoms with E-state index < -0.39 is 0 Å². The van der Waals surface area contributed by atoms with Crippen LogP contribution >= 0.6 is 46.5 Å². The predicted molar refractivity (Wildman–Crippen MR) is 140 cm³/mol. The van der Waals surface area contributed by atoms with Gasteiger partial charge in [-0.05, 0) is 79.2 Å². The van der Waals surface area contributed by atoms with E-state index in [2.05, 4.69) is 12.1 Å². The van der Waals surface area contributed by atoms with E-state index in [4.69, 9.17) is 21.3 Å². The molecule has 2 aliphatic heterocycles. The van der Waals surface area contributed by atoms with E-state index in [1.54, 1.807) is 28.0 Å². The van der Waals surface area contributed by atoms with Crippen molar-refractivity contribution in [2.75, 3.05) is 13.2 Å². The molecule has 0 saturated carbocycles. The molecule has 33 heavy (non-hydrogen) atoms. The number of halogens is 1. The summed E-state index contributed by atoms with van der Waals surface area (Å²) in [6, 6.07) is 21.7. The summed E-state index contributed by atoms with van der Waals surface area (Å²) in [5.41, 5.74) is 0.837. The Morgan fingerprint density at radius 1 is 1.12 bits per heavy atom. The first-order chi connectivity index (χ1) is 16.1. The summed E-state index contributed by atoms with van der Waals surface area (Å²) in [4.78, 5) is 22.7. The van der Waals surface area contributed by atoms with Crippen LogP contribution in [0.3, 0.4) is 0 Å². The first-order valence-corrected chi connectivity index (χ1v) is 13.5. The summed E-state index contributed by atoms with van der Waals surface area (Å²) >= 11 is 10.8. The van der Waals surface area contributed by atoms with Crippen LogP contribution in [0.4, 0.5) is 5.69 Å². The number of thioether (sulfide) groups is 1. The van der Waals surface area contributed by atoms with Crippen LogP contribution in [0.25, 0.3) is 6.08 Å². The molecule has 2 fully saturated rings. The number of aliphatic imine (C=N–C) groups is 1. The molecule has 3 aromatic rings. The van der Waals surface area contributed by atoms with E-state index in [-0.39, 0.29) is 12.0 Å². The summed E-state index contributed by atoms with van der Waals surface area (Å²) < 4.78 is 6.96. The van der Waals surface area contributed by atoms with Gasteiger partial charge in [-0.3, -0.25) is 9.69 Å². The van der Waals surface area contributed by atoms with E-state index >= 15 is 0 Å². The van der Waals surface area contributed by atoms with Gasteiger partial charge in [0.2, 0.25) is 0 Å². The molecule has 0 spiro atoms. The molecule has 1 amide bonds. The fourth-order valence-electron chi connectivity index (χ4n) is 3.57. The number of thiophene rings is 1. The van der Waals surface area contributed by atoms with Crippen molar-refractivity contribution in [1.82, 2.24) is 4.90 Å². The largest absolute Gasteiger partial charge is 0.376 e. The second kappa shape index (κ2) is 10.5. The summed E-state index contributed by atoms with van der Waals surface area (Å²) in [6.07, 6.45) is 4.05. The van der Waals surface area contributed by atoms with Crippen LogP contribution in [0.5, 0.6) is 0 Å². The predicted octanol–water partition coefficient (Wildman–Crippen LogP) is 7.34. The molecule has 0 unspecified atom stereocenters. The number of ether oxygens (including phenoxy) is 1. The zero-order valence-corrected chi connectivity index (χ0v) is 20.9. The van der Waals surface area contributed by atoms with Gasteiger partial charge in [0.15, 0.2) is 5.17 Å². The van der Waals surface area contributed by atoms with Crippen molar-refractivity contribution in [3.63, 3.8) is 0 Å². The third kappa shape index (κ3) is 5.73. The topological polar surface area (TPSA) is 41.9 Å². The minimum atomic E-state index is -0.00881. The lowest BCUT2D eigenvalue weighted by molar-refractivity contribution is -0.123. The standard InChI is InChI=1S/C25H21ClN2O2S3/c26-17-8-10-20(11-9-17)31-23-13-12-21(32-23)15-22-24(29)28(16-19-7-4-14-30-19)25(33-22)27-18-5-2-1-3-6-18/h1-3,5-6,8-13,15,19H,4,7,14,16H2/b22-15-,27-25?/t19-/m0/s1. The van der Waals surface area contributed by atoms with Gasteiger partial charge >= 0.3 is 0 Å². The number of carbonyl (C=O) groups excluding carboxylic acids is 1. The van der Waals surface area contributed by atoms with Gasteiger partial charge in [-0.1, -0.05) is 41.6 Å². The second-order valence-corrected chi connectivity index (χ2v) is 11.5. The number of amides is 1. The molecule has 0 N–H and O–H groups in total. The molecular formula is C25H21ClN2O2S3. The maximum Gasteiger partial charge on any atom is 0.266 e. The Labute approximate surface area is 210 Å². The first-order valence-electron chi connectivity index (χ1n) is 10.6. The normalized spacial score (nSPS) is 20.9. The van der Waals surface area contributed by atoms with Crippen LogP contribution in [0, 0.1) is 0 Å². The van der Waals surface area contributed by atoms with Crippen molar-refractivity contribution in [3.8, 4) is 0 Å². The fourth-order valence-corrected chi connectivity index (χ4v) is 6.84. The van der Waals surface area contributed by atoms with Gasteiger partial charge in [-0.2, -0.15) is 0 Å². The smallest absolute Gasteiger partial charge is 0.266 e. The lowest BCUT2D eigenvalue weighted by atomic mass is 10.2.